The Morgan fingerprint density at radius 1 is 1.15 bits per heavy atom. The molecule has 1 aromatic rings. The van der Waals surface area contributed by atoms with Crippen LogP contribution in [0, 0.1) is 11.7 Å². The fourth-order valence-electron chi connectivity index (χ4n) is 4.03. The Balaban J connectivity index is 1.38. The van der Waals surface area contributed by atoms with Gasteiger partial charge in [0.15, 0.2) is 0 Å². The summed E-state index contributed by atoms with van der Waals surface area (Å²) in [5.41, 5.74) is 1.14. The summed E-state index contributed by atoms with van der Waals surface area (Å²) < 4.78 is 13.0. The van der Waals surface area contributed by atoms with Crippen molar-refractivity contribution >= 4 is 6.03 Å². The molecule has 2 aliphatic rings. The lowest BCUT2D eigenvalue weighted by Crippen LogP contribution is -2.48. The average Bonchev–Trinajstić information content (AvgIpc) is 3.06. The van der Waals surface area contributed by atoms with E-state index >= 15 is 0 Å². The molecule has 144 valence electrons. The largest absolute Gasteiger partial charge is 0.335 e. The third kappa shape index (κ3) is 5.42. The molecule has 2 amide bonds. The molecule has 1 aromatic carbocycles. The lowest BCUT2D eigenvalue weighted by atomic mass is 10.0. The van der Waals surface area contributed by atoms with Crippen molar-refractivity contribution in [1.82, 2.24) is 20.0 Å². The monoisotopic (exact) mass is 362 g/mol. The third-order valence-electron chi connectivity index (χ3n) is 5.43. The van der Waals surface area contributed by atoms with Crippen molar-refractivity contribution in [2.24, 2.45) is 5.92 Å². The van der Waals surface area contributed by atoms with Crippen LogP contribution >= 0.6 is 0 Å². The molecule has 0 radical (unpaired) electrons. The number of nitrogens with one attached hydrogen (secondary N) is 1. The zero-order valence-corrected chi connectivity index (χ0v) is 16.0. The van der Waals surface area contributed by atoms with Crippen molar-refractivity contribution in [3.05, 3.63) is 35.6 Å². The number of rotatable bonds is 5. The van der Waals surface area contributed by atoms with Crippen molar-refractivity contribution < 1.29 is 9.18 Å². The molecule has 1 unspecified atom stereocenters. The highest BCUT2D eigenvalue weighted by atomic mass is 19.1. The van der Waals surface area contributed by atoms with Crippen LogP contribution in [0.4, 0.5) is 9.18 Å². The van der Waals surface area contributed by atoms with E-state index in [2.05, 4.69) is 29.2 Å². The van der Waals surface area contributed by atoms with E-state index in [-0.39, 0.29) is 17.9 Å². The van der Waals surface area contributed by atoms with Crippen LogP contribution in [0.15, 0.2) is 24.3 Å². The fraction of sp³-hybridized carbons (Fsp3) is 0.650. The Hall–Kier alpha value is -1.66. The maximum absolute atomic E-state index is 13.0. The molecule has 0 spiro atoms. The van der Waals surface area contributed by atoms with Gasteiger partial charge in [0.05, 0.1) is 0 Å². The second-order valence-electron chi connectivity index (χ2n) is 7.99. The van der Waals surface area contributed by atoms with Crippen LogP contribution in [0.1, 0.15) is 24.8 Å². The maximum atomic E-state index is 13.0. The van der Waals surface area contributed by atoms with E-state index in [0.29, 0.717) is 5.92 Å². The summed E-state index contributed by atoms with van der Waals surface area (Å²) >= 11 is 0. The summed E-state index contributed by atoms with van der Waals surface area (Å²) in [4.78, 5) is 19.0. The standard InChI is InChI=1S/C20H31FN4O/c1-23(2)13-17-7-12-25(15-17)20(26)22-19-8-10-24(11-9-19)14-16-3-5-18(21)6-4-16/h3-6,17,19H,7-15H2,1-2H3,(H,22,26). The number of halogens is 1. The molecule has 5 nitrogen and oxygen atoms in total. The van der Waals surface area contributed by atoms with Gasteiger partial charge in [-0.2, -0.15) is 0 Å². The Kier molecular flexibility index (Phi) is 6.48. The number of likely N-dealkylation sites (tertiary alicyclic amines) is 2. The molecule has 6 heteroatoms. The number of carbonyl (C=O) groups is 1. The molecule has 26 heavy (non-hydrogen) atoms. The zero-order chi connectivity index (χ0) is 18.5. The number of benzene rings is 1. The average molecular weight is 362 g/mol. The van der Waals surface area contributed by atoms with Gasteiger partial charge in [0, 0.05) is 45.3 Å². The van der Waals surface area contributed by atoms with E-state index in [1.807, 2.05) is 17.0 Å². The van der Waals surface area contributed by atoms with Gasteiger partial charge in [-0.25, -0.2) is 9.18 Å². The van der Waals surface area contributed by atoms with Gasteiger partial charge in [0.1, 0.15) is 5.82 Å². The molecule has 0 aromatic heterocycles. The van der Waals surface area contributed by atoms with Gasteiger partial charge in [0.25, 0.3) is 0 Å². The molecule has 0 saturated carbocycles. The van der Waals surface area contributed by atoms with E-state index in [9.17, 15) is 9.18 Å². The Morgan fingerprint density at radius 2 is 1.85 bits per heavy atom. The molecule has 1 N–H and O–H groups in total. The van der Waals surface area contributed by atoms with Crippen LogP contribution in [0.25, 0.3) is 0 Å². The topological polar surface area (TPSA) is 38.8 Å². The van der Waals surface area contributed by atoms with Crippen molar-refractivity contribution in [2.75, 3.05) is 46.8 Å². The first-order valence-corrected chi connectivity index (χ1v) is 9.66. The second kappa shape index (κ2) is 8.82. The summed E-state index contributed by atoms with van der Waals surface area (Å²) in [6.07, 6.45) is 3.05. The van der Waals surface area contributed by atoms with Gasteiger partial charge in [-0.1, -0.05) is 12.1 Å². The van der Waals surface area contributed by atoms with Crippen LogP contribution in [0.5, 0.6) is 0 Å². The van der Waals surface area contributed by atoms with Gasteiger partial charge in [-0.05, 0) is 57.0 Å². The van der Waals surface area contributed by atoms with Crippen molar-refractivity contribution in [1.29, 1.82) is 0 Å². The molecule has 2 heterocycles. The number of hydrogen-bond donors (Lipinski definition) is 1. The van der Waals surface area contributed by atoms with E-state index < -0.39 is 0 Å². The van der Waals surface area contributed by atoms with Crippen molar-refractivity contribution in [2.45, 2.75) is 31.8 Å². The Labute approximate surface area is 156 Å². The van der Waals surface area contributed by atoms with Crippen LogP contribution in [0.2, 0.25) is 0 Å². The van der Waals surface area contributed by atoms with E-state index in [1.54, 1.807) is 0 Å². The highest BCUT2D eigenvalue weighted by molar-refractivity contribution is 5.74. The molecule has 0 bridgehead atoms. The molecular formula is C20H31FN4O. The van der Waals surface area contributed by atoms with Crippen LogP contribution in [0.3, 0.4) is 0 Å². The summed E-state index contributed by atoms with van der Waals surface area (Å²) in [6.45, 7) is 5.56. The van der Waals surface area contributed by atoms with Gasteiger partial charge < -0.3 is 15.1 Å². The first-order valence-electron chi connectivity index (χ1n) is 9.66. The first kappa shape index (κ1) is 19.1. The van der Waals surface area contributed by atoms with Crippen LogP contribution < -0.4 is 5.32 Å². The van der Waals surface area contributed by atoms with Crippen molar-refractivity contribution in [3.8, 4) is 0 Å². The third-order valence-corrected chi connectivity index (χ3v) is 5.43. The highest BCUT2D eigenvalue weighted by Crippen LogP contribution is 2.18. The molecular weight excluding hydrogens is 331 g/mol. The highest BCUT2D eigenvalue weighted by Gasteiger charge is 2.28. The van der Waals surface area contributed by atoms with Crippen LogP contribution in [-0.4, -0.2) is 73.6 Å². The number of hydrogen-bond acceptors (Lipinski definition) is 3. The normalized spacial score (nSPS) is 22.2. The minimum absolute atomic E-state index is 0.100. The molecule has 3 rings (SSSR count). The summed E-state index contributed by atoms with van der Waals surface area (Å²) in [7, 11) is 4.17. The molecule has 1 atom stereocenters. The van der Waals surface area contributed by atoms with Gasteiger partial charge in [0.2, 0.25) is 0 Å². The Morgan fingerprint density at radius 3 is 2.50 bits per heavy atom. The molecule has 2 saturated heterocycles. The summed E-state index contributed by atoms with van der Waals surface area (Å²) in [6, 6.07) is 7.09. The lowest BCUT2D eigenvalue weighted by molar-refractivity contribution is 0.172. The summed E-state index contributed by atoms with van der Waals surface area (Å²) in [5.74, 6) is 0.401. The SMILES string of the molecule is CN(C)CC1CCN(C(=O)NC2CCN(Cc3ccc(F)cc3)CC2)C1. The predicted molar refractivity (Wildman–Crippen MR) is 101 cm³/mol. The number of amides is 2. The molecule has 0 aliphatic carbocycles. The Bertz CT molecular complexity index is 584. The van der Waals surface area contributed by atoms with Gasteiger partial charge in [-0.3, -0.25) is 4.90 Å². The second-order valence-corrected chi connectivity index (χ2v) is 7.99. The maximum Gasteiger partial charge on any atom is 0.317 e. The van der Waals surface area contributed by atoms with E-state index in [1.165, 1.54) is 12.1 Å². The minimum Gasteiger partial charge on any atom is -0.335 e. The van der Waals surface area contributed by atoms with Crippen molar-refractivity contribution in [3.63, 3.8) is 0 Å². The smallest absolute Gasteiger partial charge is 0.317 e. The van der Waals surface area contributed by atoms with E-state index in [0.717, 1.165) is 64.1 Å². The number of piperidine rings is 1. The molecule has 2 aliphatic heterocycles. The number of carbonyl (C=O) groups excluding carboxylic acids is 1. The first-order chi connectivity index (χ1) is 12.5. The number of urea groups is 1. The number of nitrogens with zero attached hydrogens (tertiary/aromatic N) is 3. The van der Waals surface area contributed by atoms with Crippen LogP contribution in [-0.2, 0) is 6.54 Å². The van der Waals surface area contributed by atoms with Gasteiger partial charge in [-0.15, -0.1) is 0 Å². The lowest BCUT2D eigenvalue weighted by Gasteiger charge is -2.33. The predicted octanol–water partition coefficient (Wildman–Crippen LogP) is 2.38. The van der Waals surface area contributed by atoms with Gasteiger partial charge >= 0.3 is 6.03 Å². The minimum atomic E-state index is -0.190. The quantitative estimate of drug-likeness (QED) is 0.874. The molecule has 2 fully saturated rings. The summed E-state index contributed by atoms with van der Waals surface area (Å²) in [5, 5.41) is 3.22. The fourth-order valence-corrected chi connectivity index (χ4v) is 4.03. The van der Waals surface area contributed by atoms with E-state index in [4.69, 9.17) is 0 Å². The zero-order valence-electron chi connectivity index (χ0n) is 16.0.